The number of benzene rings is 2. The van der Waals surface area contributed by atoms with E-state index in [-0.39, 0.29) is 5.69 Å². The topological polar surface area (TPSA) is 64.0 Å². The third-order valence-electron chi connectivity index (χ3n) is 3.55. The highest BCUT2D eigenvalue weighted by Crippen LogP contribution is 2.22. The summed E-state index contributed by atoms with van der Waals surface area (Å²) in [5.41, 5.74) is 1.38. The second kappa shape index (κ2) is 6.26. The van der Waals surface area contributed by atoms with Crippen molar-refractivity contribution in [3.05, 3.63) is 67.9 Å². The van der Waals surface area contributed by atoms with E-state index in [0.29, 0.717) is 26.6 Å². The summed E-state index contributed by atoms with van der Waals surface area (Å²) in [5.74, 6) is -0.614. The fourth-order valence-electron chi connectivity index (χ4n) is 2.46. The number of hydrogen-bond acceptors (Lipinski definition) is 3. The van der Waals surface area contributed by atoms with Gasteiger partial charge in [-0.15, -0.1) is 0 Å². The zero-order valence-corrected chi connectivity index (χ0v) is 14.4. The average Bonchev–Trinajstić information content (AvgIpc) is 2.49. The summed E-state index contributed by atoms with van der Waals surface area (Å²) in [7, 11) is 1.68. The van der Waals surface area contributed by atoms with Crippen molar-refractivity contribution in [1.29, 1.82) is 0 Å². The average molecular weight is 362 g/mol. The molecule has 0 aliphatic rings. The van der Waals surface area contributed by atoms with Gasteiger partial charge in [0, 0.05) is 22.8 Å². The van der Waals surface area contributed by atoms with Crippen LogP contribution in [0.3, 0.4) is 0 Å². The lowest BCUT2D eigenvalue weighted by Gasteiger charge is -2.09. The number of nitrogens with one attached hydrogen (secondary N) is 1. The number of aryl methyl sites for hydroxylation is 2. The summed E-state index contributed by atoms with van der Waals surface area (Å²) >= 11 is 11.8. The zero-order chi connectivity index (χ0) is 17.4. The lowest BCUT2D eigenvalue weighted by Crippen LogP contribution is -2.26. The van der Waals surface area contributed by atoms with E-state index in [4.69, 9.17) is 23.2 Å². The monoisotopic (exact) mass is 361 g/mol. The van der Waals surface area contributed by atoms with E-state index >= 15 is 0 Å². The van der Waals surface area contributed by atoms with Crippen molar-refractivity contribution >= 4 is 45.7 Å². The number of halogens is 2. The van der Waals surface area contributed by atoms with Crippen molar-refractivity contribution in [3.8, 4) is 0 Å². The minimum Gasteiger partial charge on any atom is -0.320 e. The quantitative estimate of drug-likeness (QED) is 0.754. The number of amides is 1. The van der Waals surface area contributed by atoms with Crippen molar-refractivity contribution in [2.75, 3.05) is 5.32 Å². The molecule has 0 fully saturated rings. The maximum Gasteiger partial charge on any atom is 0.280 e. The molecular formula is C17H13Cl2N3O2. The second-order valence-electron chi connectivity index (χ2n) is 5.43. The van der Waals surface area contributed by atoms with E-state index in [1.54, 1.807) is 37.4 Å². The molecule has 0 atom stereocenters. The van der Waals surface area contributed by atoms with Gasteiger partial charge in [-0.05, 0) is 37.3 Å². The van der Waals surface area contributed by atoms with Gasteiger partial charge in [0.05, 0.1) is 10.9 Å². The van der Waals surface area contributed by atoms with Crippen molar-refractivity contribution < 1.29 is 4.79 Å². The molecule has 1 N–H and O–H groups in total. The zero-order valence-electron chi connectivity index (χ0n) is 12.9. The van der Waals surface area contributed by atoms with E-state index < -0.39 is 11.3 Å². The number of rotatable bonds is 2. The Balaban J connectivity index is 2.07. The molecule has 1 heterocycles. The molecular weight excluding hydrogens is 349 g/mol. The maximum atomic E-state index is 12.6. The lowest BCUT2D eigenvalue weighted by molar-refractivity contribution is 0.101. The van der Waals surface area contributed by atoms with Gasteiger partial charge in [-0.25, -0.2) is 0 Å². The van der Waals surface area contributed by atoms with E-state index in [1.165, 1.54) is 4.68 Å². The Kier molecular flexibility index (Phi) is 4.30. The second-order valence-corrected chi connectivity index (χ2v) is 6.31. The molecule has 1 aromatic heterocycles. The summed E-state index contributed by atoms with van der Waals surface area (Å²) in [5, 5.41) is 7.91. The minimum atomic E-state index is -0.614. The fourth-order valence-corrected chi connectivity index (χ4v) is 2.98. The SMILES string of the molecule is Cc1ccc2c(c1)c(=O)c(C(=O)Nc1cc(Cl)cc(Cl)c1)nn2C. The first-order chi connectivity index (χ1) is 11.3. The Morgan fingerprint density at radius 1 is 1.12 bits per heavy atom. The molecule has 5 nitrogen and oxygen atoms in total. The Labute approximate surface area is 147 Å². The van der Waals surface area contributed by atoms with Gasteiger partial charge in [0.2, 0.25) is 5.43 Å². The number of carbonyl (C=O) groups excluding carboxylic acids is 1. The number of hydrogen-bond donors (Lipinski definition) is 1. The fraction of sp³-hybridized carbons (Fsp3) is 0.118. The molecule has 0 saturated carbocycles. The predicted molar refractivity (Wildman–Crippen MR) is 96.1 cm³/mol. The third-order valence-corrected chi connectivity index (χ3v) is 3.98. The summed E-state index contributed by atoms with van der Waals surface area (Å²) in [6.07, 6.45) is 0. The summed E-state index contributed by atoms with van der Waals surface area (Å²) in [4.78, 5) is 25.1. The van der Waals surface area contributed by atoms with Crippen LogP contribution in [-0.2, 0) is 7.05 Å². The standard InChI is InChI=1S/C17H13Cl2N3O2/c1-9-3-4-14-13(5-9)16(23)15(21-22(14)2)17(24)20-12-7-10(18)6-11(19)8-12/h3-8H,1-2H3,(H,20,24). The van der Waals surface area contributed by atoms with Crippen LogP contribution in [0.5, 0.6) is 0 Å². The van der Waals surface area contributed by atoms with E-state index in [0.717, 1.165) is 5.56 Å². The smallest absolute Gasteiger partial charge is 0.280 e. The van der Waals surface area contributed by atoms with Crippen LogP contribution in [0.2, 0.25) is 10.0 Å². The van der Waals surface area contributed by atoms with E-state index in [2.05, 4.69) is 10.4 Å². The Morgan fingerprint density at radius 2 is 1.79 bits per heavy atom. The van der Waals surface area contributed by atoms with Crippen LogP contribution in [0, 0.1) is 6.92 Å². The Morgan fingerprint density at radius 3 is 2.46 bits per heavy atom. The van der Waals surface area contributed by atoms with Gasteiger partial charge < -0.3 is 5.32 Å². The highest BCUT2D eigenvalue weighted by molar-refractivity contribution is 6.35. The van der Waals surface area contributed by atoms with Crippen molar-refractivity contribution in [2.24, 2.45) is 7.05 Å². The molecule has 3 aromatic rings. The molecule has 0 saturated heterocycles. The van der Waals surface area contributed by atoms with E-state index in [1.807, 2.05) is 13.0 Å². The van der Waals surface area contributed by atoms with Crippen LogP contribution in [-0.4, -0.2) is 15.7 Å². The van der Waals surface area contributed by atoms with Gasteiger partial charge in [-0.2, -0.15) is 5.10 Å². The van der Waals surface area contributed by atoms with Crippen LogP contribution < -0.4 is 10.7 Å². The molecule has 1 amide bonds. The first-order valence-corrected chi connectivity index (χ1v) is 7.86. The molecule has 0 radical (unpaired) electrons. The van der Waals surface area contributed by atoms with Crippen LogP contribution in [0.25, 0.3) is 10.9 Å². The van der Waals surface area contributed by atoms with Crippen molar-refractivity contribution in [2.45, 2.75) is 6.92 Å². The molecule has 3 rings (SSSR count). The number of aromatic nitrogens is 2. The molecule has 0 spiro atoms. The van der Waals surface area contributed by atoms with Gasteiger partial charge in [0.1, 0.15) is 0 Å². The largest absolute Gasteiger partial charge is 0.320 e. The summed E-state index contributed by atoms with van der Waals surface area (Å²) in [6.45, 7) is 1.88. The van der Waals surface area contributed by atoms with Crippen LogP contribution in [0.15, 0.2) is 41.2 Å². The highest BCUT2D eigenvalue weighted by atomic mass is 35.5. The molecule has 122 valence electrons. The third kappa shape index (κ3) is 3.13. The molecule has 0 aliphatic heterocycles. The maximum absolute atomic E-state index is 12.6. The van der Waals surface area contributed by atoms with Crippen LogP contribution in [0.1, 0.15) is 16.1 Å². The summed E-state index contributed by atoms with van der Waals surface area (Å²) < 4.78 is 1.51. The first-order valence-electron chi connectivity index (χ1n) is 7.10. The number of anilines is 1. The van der Waals surface area contributed by atoms with Gasteiger partial charge in [-0.3, -0.25) is 14.3 Å². The van der Waals surface area contributed by atoms with Crippen LogP contribution in [0.4, 0.5) is 5.69 Å². The Bertz CT molecular complexity index is 1010. The number of carbonyl (C=O) groups is 1. The van der Waals surface area contributed by atoms with Crippen molar-refractivity contribution in [1.82, 2.24) is 9.78 Å². The minimum absolute atomic E-state index is 0.188. The predicted octanol–water partition coefficient (Wildman–Crippen LogP) is 3.80. The molecule has 0 bridgehead atoms. The molecule has 7 heteroatoms. The first kappa shape index (κ1) is 16.5. The Hall–Kier alpha value is -2.37. The normalized spacial score (nSPS) is 10.8. The molecule has 0 aliphatic carbocycles. The van der Waals surface area contributed by atoms with Gasteiger partial charge in [-0.1, -0.05) is 34.8 Å². The molecule has 2 aromatic carbocycles. The summed E-state index contributed by atoms with van der Waals surface area (Å²) in [6, 6.07) is 10.1. The lowest BCUT2D eigenvalue weighted by atomic mass is 10.1. The van der Waals surface area contributed by atoms with Gasteiger partial charge >= 0.3 is 0 Å². The molecule has 24 heavy (non-hydrogen) atoms. The molecule has 0 unspecified atom stereocenters. The van der Waals surface area contributed by atoms with Crippen LogP contribution >= 0.6 is 23.2 Å². The number of nitrogens with zero attached hydrogens (tertiary/aromatic N) is 2. The van der Waals surface area contributed by atoms with Gasteiger partial charge in [0.15, 0.2) is 5.69 Å². The highest BCUT2D eigenvalue weighted by Gasteiger charge is 2.17. The number of fused-ring (bicyclic) bond motifs is 1. The van der Waals surface area contributed by atoms with E-state index in [9.17, 15) is 9.59 Å². The van der Waals surface area contributed by atoms with Gasteiger partial charge in [0.25, 0.3) is 5.91 Å². The van der Waals surface area contributed by atoms with Crippen molar-refractivity contribution in [3.63, 3.8) is 0 Å².